The van der Waals surface area contributed by atoms with Crippen LogP contribution in [0.1, 0.15) is 71.6 Å². The van der Waals surface area contributed by atoms with E-state index in [0.29, 0.717) is 19.0 Å². The van der Waals surface area contributed by atoms with Crippen LogP contribution in [0.15, 0.2) is 45.7 Å². The molecule has 30 heavy (non-hydrogen) atoms. The molecule has 3 rings (SSSR count). The fraction of sp³-hybridized carbons (Fsp3) is 0.520. The third-order valence-electron chi connectivity index (χ3n) is 6.25. The molecule has 2 aliphatic rings. The molecule has 1 aliphatic heterocycles. The van der Waals surface area contributed by atoms with Crippen molar-refractivity contribution in [1.82, 2.24) is 10.2 Å². The first-order chi connectivity index (χ1) is 14.2. The number of amides is 1. The molecular weight excluding hydrogens is 374 g/mol. The Bertz CT molecular complexity index is 905. The lowest BCUT2D eigenvalue weighted by Gasteiger charge is -2.36. The third kappa shape index (κ3) is 4.45. The average Bonchev–Trinajstić information content (AvgIpc) is 3.44. The summed E-state index contributed by atoms with van der Waals surface area (Å²) in [5.74, 6) is 1.62. The first kappa shape index (κ1) is 22.1. The number of aliphatic imine (C=N–C) groups is 1. The maximum Gasteiger partial charge on any atom is 0.254 e. The van der Waals surface area contributed by atoms with E-state index in [2.05, 4.69) is 43.0 Å². The van der Waals surface area contributed by atoms with Gasteiger partial charge in [-0.05, 0) is 90.8 Å². The van der Waals surface area contributed by atoms with Crippen LogP contribution in [-0.2, 0) is 11.2 Å². The zero-order chi connectivity index (χ0) is 22.1. The number of fused-ring (bicyclic) bond motifs is 1. The number of nitrogens with one attached hydrogen (secondary N) is 1. The van der Waals surface area contributed by atoms with Crippen LogP contribution in [0.25, 0.3) is 0 Å². The lowest BCUT2D eigenvalue weighted by molar-refractivity contribution is -0.129. The van der Waals surface area contributed by atoms with Crippen LogP contribution < -0.4 is 10.1 Å². The summed E-state index contributed by atoms with van der Waals surface area (Å²) >= 11 is 0. The monoisotopic (exact) mass is 409 g/mol. The quantitative estimate of drug-likeness (QED) is 0.394. The Kier molecular flexibility index (Phi) is 6.39. The second kappa shape index (κ2) is 8.66. The number of ether oxygens (including phenoxy) is 1. The minimum Gasteiger partial charge on any atom is -0.494 e. The predicted molar refractivity (Wildman–Crippen MR) is 123 cm³/mol. The molecule has 1 saturated carbocycles. The highest BCUT2D eigenvalue weighted by atomic mass is 16.5. The van der Waals surface area contributed by atoms with E-state index in [-0.39, 0.29) is 17.5 Å². The number of benzene rings is 1. The lowest BCUT2D eigenvalue weighted by atomic mass is 9.91. The number of hydrogen-bond donors (Lipinski definition) is 1. The molecule has 1 unspecified atom stereocenters. The maximum absolute atomic E-state index is 13.7. The molecule has 1 amide bonds. The van der Waals surface area contributed by atoms with Gasteiger partial charge in [0.25, 0.3) is 5.91 Å². The SMILES string of the molecule is C=N/C(NC1(C)CC1)=C(\C)C(C(=O)N1CCc2ccc(OCC)cc2C1C)=C(C)C. The molecule has 5 nitrogen and oxygen atoms in total. The summed E-state index contributed by atoms with van der Waals surface area (Å²) in [6, 6.07) is 6.22. The molecule has 0 aromatic heterocycles. The highest BCUT2D eigenvalue weighted by Crippen LogP contribution is 2.37. The van der Waals surface area contributed by atoms with Crippen LogP contribution in [-0.4, -0.2) is 36.2 Å². The Morgan fingerprint density at radius 3 is 2.60 bits per heavy atom. The summed E-state index contributed by atoms with van der Waals surface area (Å²) < 4.78 is 5.69. The summed E-state index contributed by atoms with van der Waals surface area (Å²) in [7, 11) is 0. The van der Waals surface area contributed by atoms with Gasteiger partial charge < -0.3 is 15.0 Å². The number of hydrogen-bond acceptors (Lipinski definition) is 4. The van der Waals surface area contributed by atoms with Gasteiger partial charge in [0.1, 0.15) is 11.6 Å². The summed E-state index contributed by atoms with van der Waals surface area (Å²) in [5, 5.41) is 3.49. The van der Waals surface area contributed by atoms with E-state index in [9.17, 15) is 4.79 Å². The molecule has 0 bridgehead atoms. The van der Waals surface area contributed by atoms with Crippen molar-refractivity contribution in [3.8, 4) is 5.75 Å². The minimum absolute atomic E-state index is 0.0159. The van der Waals surface area contributed by atoms with Crippen molar-refractivity contribution < 1.29 is 9.53 Å². The average molecular weight is 410 g/mol. The molecule has 162 valence electrons. The predicted octanol–water partition coefficient (Wildman–Crippen LogP) is 4.94. The van der Waals surface area contributed by atoms with E-state index in [0.717, 1.165) is 41.7 Å². The zero-order valence-electron chi connectivity index (χ0n) is 19.3. The van der Waals surface area contributed by atoms with Gasteiger partial charge in [-0.3, -0.25) is 4.79 Å². The highest BCUT2D eigenvalue weighted by molar-refractivity contribution is 5.99. The smallest absolute Gasteiger partial charge is 0.254 e. The summed E-state index contributed by atoms with van der Waals surface area (Å²) in [5.41, 5.74) is 5.11. The van der Waals surface area contributed by atoms with Gasteiger partial charge in [0.05, 0.1) is 12.6 Å². The van der Waals surface area contributed by atoms with Crippen LogP contribution in [0, 0.1) is 0 Å². The Balaban J connectivity index is 1.92. The van der Waals surface area contributed by atoms with Gasteiger partial charge in [0, 0.05) is 23.2 Å². The van der Waals surface area contributed by atoms with Crippen molar-refractivity contribution in [1.29, 1.82) is 0 Å². The van der Waals surface area contributed by atoms with Crippen molar-refractivity contribution >= 4 is 12.6 Å². The Hall–Kier alpha value is -2.56. The molecule has 0 saturated heterocycles. The molecule has 1 aromatic carbocycles. The van der Waals surface area contributed by atoms with E-state index in [1.165, 1.54) is 11.1 Å². The largest absolute Gasteiger partial charge is 0.494 e. The second-order valence-corrected chi connectivity index (χ2v) is 8.91. The molecule has 1 aliphatic carbocycles. The summed E-state index contributed by atoms with van der Waals surface area (Å²) in [6.45, 7) is 17.3. The van der Waals surface area contributed by atoms with E-state index < -0.39 is 0 Å². The lowest BCUT2D eigenvalue weighted by Crippen LogP contribution is -2.40. The first-order valence-corrected chi connectivity index (χ1v) is 10.9. The number of nitrogens with zero attached hydrogens (tertiary/aromatic N) is 2. The highest BCUT2D eigenvalue weighted by Gasteiger charge is 2.38. The van der Waals surface area contributed by atoms with E-state index in [4.69, 9.17) is 4.74 Å². The van der Waals surface area contributed by atoms with E-state index >= 15 is 0 Å². The van der Waals surface area contributed by atoms with Gasteiger partial charge >= 0.3 is 0 Å². The van der Waals surface area contributed by atoms with Crippen molar-refractivity contribution in [2.24, 2.45) is 4.99 Å². The van der Waals surface area contributed by atoms with Gasteiger partial charge in [-0.15, -0.1) is 0 Å². The molecule has 1 atom stereocenters. The van der Waals surface area contributed by atoms with Crippen molar-refractivity contribution in [3.63, 3.8) is 0 Å². The number of carbonyl (C=O) groups is 1. The third-order valence-corrected chi connectivity index (χ3v) is 6.25. The molecule has 0 radical (unpaired) electrons. The fourth-order valence-electron chi connectivity index (χ4n) is 4.19. The molecule has 1 heterocycles. The van der Waals surface area contributed by atoms with Gasteiger partial charge in [-0.1, -0.05) is 11.6 Å². The first-order valence-electron chi connectivity index (χ1n) is 10.9. The van der Waals surface area contributed by atoms with Crippen LogP contribution in [0.3, 0.4) is 0 Å². The standard InChI is InChI=1S/C25H35N3O2/c1-8-30-20-10-9-19-11-14-28(18(5)21(19)15-20)24(29)22(16(2)3)17(4)23(26-7)27-25(6)12-13-25/h9-10,15,18,27H,7-8,11-14H2,1-6H3/b23-17-. The van der Waals surface area contributed by atoms with Crippen molar-refractivity contribution in [3.05, 3.63) is 51.9 Å². The van der Waals surface area contributed by atoms with Gasteiger partial charge in [-0.25, -0.2) is 4.99 Å². The topological polar surface area (TPSA) is 53.9 Å². The van der Waals surface area contributed by atoms with Crippen molar-refractivity contribution in [2.45, 2.75) is 72.4 Å². The second-order valence-electron chi connectivity index (χ2n) is 8.91. The van der Waals surface area contributed by atoms with Gasteiger partial charge in [0.15, 0.2) is 0 Å². The van der Waals surface area contributed by atoms with Crippen LogP contribution >= 0.6 is 0 Å². The Morgan fingerprint density at radius 2 is 2.03 bits per heavy atom. The van der Waals surface area contributed by atoms with Crippen molar-refractivity contribution in [2.75, 3.05) is 13.2 Å². The van der Waals surface area contributed by atoms with Gasteiger partial charge in [-0.2, -0.15) is 0 Å². The molecule has 0 spiro atoms. The molecule has 1 aromatic rings. The normalized spacial score (nSPS) is 19.9. The minimum atomic E-state index is -0.0159. The van der Waals surface area contributed by atoms with Crippen LogP contribution in [0.2, 0.25) is 0 Å². The number of allylic oxidation sites excluding steroid dienone is 1. The van der Waals surface area contributed by atoms with Gasteiger partial charge in [0.2, 0.25) is 0 Å². The molecule has 5 heteroatoms. The van der Waals surface area contributed by atoms with Crippen LogP contribution in [0.5, 0.6) is 5.75 Å². The molecule has 1 fully saturated rings. The summed E-state index contributed by atoms with van der Waals surface area (Å²) in [4.78, 5) is 19.9. The summed E-state index contributed by atoms with van der Waals surface area (Å²) in [6.07, 6.45) is 3.07. The number of rotatable bonds is 7. The van der Waals surface area contributed by atoms with E-state index in [1.807, 2.05) is 38.7 Å². The molecular formula is C25H35N3O2. The number of carbonyl (C=O) groups excluding carboxylic acids is 1. The Labute approximate surface area is 180 Å². The van der Waals surface area contributed by atoms with E-state index in [1.54, 1.807) is 0 Å². The molecule has 1 N–H and O–H groups in total. The maximum atomic E-state index is 13.7. The zero-order valence-corrected chi connectivity index (χ0v) is 19.3. The van der Waals surface area contributed by atoms with Crippen LogP contribution in [0.4, 0.5) is 0 Å². The Morgan fingerprint density at radius 1 is 1.33 bits per heavy atom. The fourth-order valence-corrected chi connectivity index (χ4v) is 4.19.